The average molecular weight is 644 g/mol. The molecule has 0 saturated carbocycles. The van der Waals surface area contributed by atoms with Gasteiger partial charge in [0.25, 0.3) is 0 Å². The summed E-state index contributed by atoms with van der Waals surface area (Å²) in [6, 6.07) is 15.6. The first-order chi connectivity index (χ1) is 22.4. The minimum Gasteiger partial charge on any atom is -0.489 e. The van der Waals surface area contributed by atoms with Crippen molar-refractivity contribution in [3.63, 3.8) is 0 Å². The minimum absolute atomic E-state index is 0.0191. The van der Waals surface area contributed by atoms with Crippen molar-refractivity contribution in [1.82, 2.24) is 9.88 Å². The molecule has 2 aromatic carbocycles. The fourth-order valence-electron chi connectivity index (χ4n) is 6.14. The molecule has 8 nitrogen and oxygen atoms in total. The average Bonchev–Trinajstić information content (AvgIpc) is 3.55. The van der Waals surface area contributed by atoms with Gasteiger partial charge in [-0.1, -0.05) is 54.9 Å². The van der Waals surface area contributed by atoms with Crippen LogP contribution in [0.5, 0.6) is 11.5 Å². The third-order valence-electron chi connectivity index (χ3n) is 8.92. The first-order valence-electron chi connectivity index (χ1n) is 15.7. The van der Waals surface area contributed by atoms with Crippen LogP contribution in [0.15, 0.2) is 73.1 Å². The van der Waals surface area contributed by atoms with Crippen LogP contribution in [0.3, 0.4) is 0 Å². The summed E-state index contributed by atoms with van der Waals surface area (Å²) in [5.74, 6) is 0.845. The highest BCUT2D eigenvalue weighted by molar-refractivity contribution is 6.32. The van der Waals surface area contributed by atoms with Gasteiger partial charge in [-0.25, -0.2) is 0 Å². The van der Waals surface area contributed by atoms with Crippen LogP contribution in [0, 0.1) is 24.2 Å². The Morgan fingerprint density at radius 1 is 1.15 bits per heavy atom. The number of nitriles is 1. The van der Waals surface area contributed by atoms with Gasteiger partial charge in [0.15, 0.2) is 0 Å². The summed E-state index contributed by atoms with van der Waals surface area (Å²) < 4.78 is 24.9. The maximum absolute atomic E-state index is 10.0. The van der Waals surface area contributed by atoms with Gasteiger partial charge in [-0.2, -0.15) is 5.26 Å². The standard InChI is InChI=1S/C37H42ClN3O5/c1-26-8-4-5-9-32(26)33-10-6-12-37(27(33)2,46-15-7-13-41-14-11-31(22-41)43-3)25-45-36-18-35(30(23-42)17-34(36)38)44-24-29-16-28(19-39)20-40-21-29/h4-6,8-10,12,16-18,20-21,27,31,42H,7,11,13-15,22-25H2,1-3H3/t27?,31-,37?/m1/s1. The Labute approximate surface area is 276 Å². The number of rotatable bonds is 14. The van der Waals surface area contributed by atoms with E-state index in [0.29, 0.717) is 40.4 Å². The molecule has 1 aromatic heterocycles. The van der Waals surface area contributed by atoms with Crippen molar-refractivity contribution >= 4 is 17.2 Å². The first-order valence-corrected chi connectivity index (χ1v) is 16.1. The van der Waals surface area contributed by atoms with E-state index in [1.54, 1.807) is 31.5 Å². The molecule has 3 atom stereocenters. The third kappa shape index (κ3) is 7.98. The van der Waals surface area contributed by atoms with Crippen LogP contribution in [0.4, 0.5) is 0 Å². The first kappa shape index (κ1) is 33.6. The number of hydrogen-bond acceptors (Lipinski definition) is 8. The van der Waals surface area contributed by atoms with Gasteiger partial charge in [-0.3, -0.25) is 4.98 Å². The molecule has 1 fully saturated rings. The molecule has 9 heteroatoms. The lowest BCUT2D eigenvalue weighted by molar-refractivity contribution is -0.0617. The molecule has 2 unspecified atom stereocenters. The van der Waals surface area contributed by atoms with Crippen LogP contribution >= 0.6 is 11.6 Å². The second-order valence-corrected chi connectivity index (χ2v) is 12.3. The van der Waals surface area contributed by atoms with Crippen LogP contribution < -0.4 is 9.47 Å². The number of pyridine rings is 1. The summed E-state index contributed by atoms with van der Waals surface area (Å²) in [6.07, 6.45) is 11.7. The highest BCUT2D eigenvalue weighted by atomic mass is 35.5. The molecule has 2 aliphatic rings. The van der Waals surface area contributed by atoms with Crippen molar-refractivity contribution in [2.24, 2.45) is 5.92 Å². The van der Waals surface area contributed by atoms with Crippen molar-refractivity contribution in [2.45, 2.75) is 51.6 Å². The lowest BCUT2D eigenvalue weighted by Gasteiger charge is -2.40. The van der Waals surface area contributed by atoms with E-state index >= 15 is 0 Å². The molecular formula is C37H42ClN3O5. The summed E-state index contributed by atoms with van der Waals surface area (Å²) in [6.45, 7) is 7.93. The number of aliphatic hydroxyl groups is 1. The van der Waals surface area contributed by atoms with Crippen molar-refractivity contribution < 1.29 is 24.1 Å². The summed E-state index contributed by atoms with van der Waals surface area (Å²) in [5, 5.41) is 19.6. The quantitative estimate of drug-likeness (QED) is 0.198. The Balaban J connectivity index is 1.34. The van der Waals surface area contributed by atoms with Gasteiger partial charge in [0.2, 0.25) is 0 Å². The Morgan fingerprint density at radius 3 is 2.76 bits per heavy atom. The number of hydrogen-bond donors (Lipinski definition) is 1. The molecule has 1 saturated heterocycles. The largest absolute Gasteiger partial charge is 0.489 e. The Bertz CT molecular complexity index is 1600. The van der Waals surface area contributed by atoms with E-state index in [0.717, 1.165) is 38.0 Å². The lowest BCUT2D eigenvalue weighted by atomic mass is 9.76. The van der Waals surface area contributed by atoms with Crippen LogP contribution in [0.1, 0.15) is 47.6 Å². The van der Waals surface area contributed by atoms with Crippen molar-refractivity contribution in [3.05, 3.63) is 106 Å². The third-order valence-corrected chi connectivity index (χ3v) is 9.21. The second kappa shape index (κ2) is 15.7. The summed E-state index contributed by atoms with van der Waals surface area (Å²) in [7, 11) is 1.78. The molecule has 0 spiro atoms. The fraction of sp³-hybridized carbons (Fsp3) is 0.405. The van der Waals surface area contributed by atoms with Crippen LogP contribution in [0.2, 0.25) is 5.02 Å². The van der Waals surface area contributed by atoms with E-state index in [1.807, 2.05) is 0 Å². The van der Waals surface area contributed by atoms with Crippen molar-refractivity contribution in [2.75, 3.05) is 40.0 Å². The highest BCUT2D eigenvalue weighted by Crippen LogP contribution is 2.41. The fourth-order valence-corrected chi connectivity index (χ4v) is 6.38. The van der Waals surface area contributed by atoms with Crippen LogP contribution in [-0.2, 0) is 22.7 Å². The van der Waals surface area contributed by atoms with Crippen LogP contribution in [-0.4, -0.2) is 66.7 Å². The smallest absolute Gasteiger partial charge is 0.141 e. The van der Waals surface area contributed by atoms with Gasteiger partial charge in [0.1, 0.15) is 36.4 Å². The zero-order chi connectivity index (χ0) is 32.5. The number of allylic oxidation sites excluding steroid dienone is 2. The number of ether oxygens (including phenoxy) is 4. The van der Waals surface area contributed by atoms with E-state index in [-0.39, 0.29) is 25.7 Å². The molecule has 3 aromatic rings. The molecule has 2 heterocycles. The molecule has 1 aliphatic carbocycles. The van der Waals surface area contributed by atoms with E-state index in [1.165, 1.54) is 22.9 Å². The normalized spacial score (nSPS) is 21.2. The van der Waals surface area contributed by atoms with Gasteiger partial charge < -0.3 is 29.0 Å². The molecular weight excluding hydrogens is 602 g/mol. The second-order valence-electron chi connectivity index (χ2n) is 11.9. The highest BCUT2D eigenvalue weighted by Gasteiger charge is 2.40. The van der Waals surface area contributed by atoms with E-state index in [4.69, 9.17) is 30.5 Å². The summed E-state index contributed by atoms with van der Waals surface area (Å²) >= 11 is 6.68. The molecule has 242 valence electrons. The number of methoxy groups -OCH3 is 1. The monoisotopic (exact) mass is 643 g/mol. The molecule has 0 amide bonds. The maximum Gasteiger partial charge on any atom is 0.141 e. The zero-order valence-electron chi connectivity index (χ0n) is 26.7. The number of aromatic nitrogens is 1. The van der Waals surface area contributed by atoms with Crippen molar-refractivity contribution in [1.29, 1.82) is 5.26 Å². The van der Waals surface area contributed by atoms with Crippen molar-refractivity contribution in [3.8, 4) is 17.6 Å². The van der Waals surface area contributed by atoms with E-state index < -0.39 is 5.60 Å². The minimum atomic E-state index is -0.754. The van der Waals surface area contributed by atoms with Gasteiger partial charge in [-0.05, 0) is 54.7 Å². The van der Waals surface area contributed by atoms with E-state index in [2.05, 4.69) is 72.3 Å². The van der Waals surface area contributed by atoms with E-state index in [9.17, 15) is 10.4 Å². The Kier molecular flexibility index (Phi) is 11.5. The van der Waals surface area contributed by atoms with Gasteiger partial charge >= 0.3 is 0 Å². The number of likely N-dealkylation sites (tertiary alicyclic amines) is 1. The summed E-state index contributed by atoms with van der Waals surface area (Å²) in [4.78, 5) is 6.53. The number of aryl methyl sites for hydroxylation is 1. The summed E-state index contributed by atoms with van der Waals surface area (Å²) in [5.41, 5.74) is 4.53. The predicted octanol–water partition coefficient (Wildman–Crippen LogP) is 6.52. The SMILES string of the molecule is CO[C@@H]1CCN(CCCOC2(COc3cc(OCc4cncc(C#N)c4)c(CO)cc3Cl)C=CC=C(c3ccccc3C)C2C)C1. The number of benzene rings is 2. The molecule has 0 radical (unpaired) electrons. The molecule has 1 N–H and O–H groups in total. The molecule has 0 bridgehead atoms. The van der Waals surface area contributed by atoms with Crippen LogP contribution in [0.25, 0.3) is 5.57 Å². The van der Waals surface area contributed by atoms with Gasteiger partial charge in [0.05, 0.1) is 23.3 Å². The maximum atomic E-state index is 10.0. The Morgan fingerprint density at radius 2 is 2.00 bits per heavy atom. The Hall–Kier alpha value is -3.71. The zero-order valence-corrected chi connectivity index (χ0v) is 27.5. The number of nitrogens with zero attached hydrogens (tertiary/aromatic N) is 3. The number of aliphatic hydroxyl groups excluding tert-OH is 1. The number of halogens is 1. The molecule has 1 aliphatic heterocycles. The van der Waals surface area contributed by atoms with Gasteiger partial charge in [0, 0.05) is 68.9 Å². The molecule has 5 rings (SSSR count). The topological polar surface area (TPSA) is 97.1 Å². The predicted molar refractivity (Wildman–Crippen MR) is 179 cm³/mol. The van der Waals surface area contributed by atoms with Gasteiger partial charge in [-0.15, -0.1) is 0 Å². The molecule has 46 heavy (non-hydrogen) atoms. The lowest BCUT2D eigenvalue weighted by Crippen LogP contribution is -2.45.